The zero-order valence-electron chi connectivity index (χ0n) is 61.7. The van der Waals surface area contributed by atoms with Crippen molar-refractivity contribution >= 4 is 65.5 Å². The quantitative estimate of drug-likeness (QED) is 0.0204. The highest BCUT2D eigenvalue weighted by Crippen LogP contribution is 2.20. The van der Waals surface area contributed by atoms with Gasteiger partial charge in [-0.25, -0.2) is 9.59 Å². The van der Waals surface area contributed by atoms with E-state index in [-0.39, 0.29) is 62.8 Å². The molecule has 0 aromatic rings. The second-order valence-corrected chi connectivity index (χ2v) is 27.6. The number of carbonyl (C=O) groups is 11. The summed E-state index contributed by atoms with van der Waals surface area (Å²) in [5.41, 5.74) is -1.52. The molecule has 0 fully saturated rings. The van der Waals surface area contributed by atoms with Crippen LogP contribution in [0.3, 0.4) is 0 Å². The molecule has 0 aliphatic carbocycles. The van der Waals surface area contributed by atoms with Gasteiger partial charge in [0.2, 0.25) is 41.4 Å². The molecule has 0 saturated carbocycles. The lowest BCUT2D eigenvalue weighted by atomic mass is 9.98. The Hall–Kier alpha value is -6.83. The second kappa shape index (κ2) is 44.8. The number of hydrogen-bond donors (Lipinski definition) is 4. The van der Waals surface area contributed by atoms with Gasteiger partial charge in [-0.2, -0.15) is 0 Å². The molecule has 9 atom stereocenters. The van der Waals surface area contributed by atoms with Crippen molar-refractivity contribution in [3.05, 3.63) is 25.3 Å². The highest BCUT2D eigenvalue weighted by Gasteiger charge is 2.41. The first-order chi connectivity index (χ1) is 43.4. The summed E-state index contributed by atoms with van der Waals surface area (Å²) in [6, 6.07) is -7.19. The van der Waals surface area contributed by atoms with E-state index in [1.54, 1.807) is 55.4 Å². The minimum atomic E-state index is -1.18. The number of unbranched alkanes of at least 4 members (excludes halogenated alkanes) is 2. The van der Waals surface area contributed by atoms with Crippen LogP contribution in [0.15, 0.2) is 25.3 Å². The van der Waals surface area contributed by atoms with E-state index in [9.17, 15) is 52.7 Å². The second-order valence-electron chi connectivity index (χ2n) is 27.6. The Morgan fingerprint density at radius 2 is 0.787 bits per heavy atom. The molecule has 0 aliphatic rings. The Bertz CT molecular complexity index is 2410. The number of carbonyl (C=O) groups excluding carboxylic acids is 11. The number of amides is 9. The predicted molar refractivity (Wildman–Crippen MR) is 362 cm³/mol. The molecule has 0 saturated heterocycles. The largest absolute Gasteiger partial charge is 0.460 e. The van der Waals surface area contributed by atoms with Crippen LogP contribution in [0, 0.1) is 23.7 Å². The number of alkyl carbamates (subject to hydrolysis) is 1. The summed E-state index contributed by atoms with van der Waals surface area (Å²) in [7, 11) is 7.31. The highest BCUT2D eigenvalue weighted by molar-refractivity contribution is 5.97. The lowest BCUT2D eigenvalue weighted by Gasteiger charge is -2.35. The average molecular weight is 1340 g/mol. The SMILES string of the molecule is C=CCOC(=O)CN(C)C(=O)[C@@H](NC(=O)[C@H](CC(C)C)N(C)C(=O)[C@H](CC(C)C)NC(=O)OC(C)(C)C)[C@@H](C)OCCCC.C=CCOC(=O)CN(C)C(=O)[C@@H](NC(=O)[C@H](CC(C)C)N(C)C(=O)[C@H](CC(C)C)NC(=O)[C@H](C)N(C)C(=O)OC(C)(C)C)[C@@H](C)OCCCC. The fraction of sp³-hybridized carbons (Fsp3) is 0.779. The summed E-state index contributed by atoms with van der Waals surface area (Å²) < 4.78 is 32.6. The molecule has 26 nitrogen and oxygen atoms in total. The van der Waals surface area contributed by atoms with Crippen LogP contribution in [-0.2, 0) is 71.6 Å². The van der Waals surface area contributed by atoms with Crippen LogP contribution >= 0.6 is 0 Å². The van der Waals surface area contributed by atoms with E-state index in [1.807, 2.05) is 69.2 Å². The monoisotopic (exact) mass is 1340 g/mol. The number of likely N-dealkylation sites (N-methyl/N-ethyl adjacent to an activating group) is 5. The zero-order valence-corrected chi connectivity index (χ0v) is 61.7. The molecule has 26 heteroatoms. The van der Waals surface area contributed by atoms with Gasteiger partial charge in [0.05, 0.1) is 12.2 Å². The van der Waals surface area contributed by atoms with Crippen LogP contribution in [0.1, 0.15) is 183 Å². The van der Waals surface area contributed by atoms with Crippen molar-refractivity contribution in [2.75, 3.05) is 74.8 Å². The van der Waals surface area contributed by atoms with Gasteiger partial charge >= 0.3 is 24.1 Å². The van der Waals surface area contributed by atoms with E-state index in [0.717, 1.165) is 35.5 Å². The van der Waals surface area contributed by atoms with Crippen molar-refractivity contribution in [1.29, 1.82) is 0 Å². The van der Waals surface area contributed by atoms with E-state index in [1.165, 1.54) is 69.0 Å². The Kier molecular flexibility index (Phi) is 42.5. The van der Waals surface area contributed by atoms with E-state index in [2.05, 4.69) is 34.4 Å². The molecule has 542 valence electrons. The molecule has 94 heavy (non-hydrogen) atoms. The summed E-state index contributed by atoms with van der Waals surface area (Å²) in [4.78, 5) is 152. The number of rotatable bonds is 40. The van der Waals surface area contributed by atoms with Crippen molar-refractivity contribution in [1.82, 2.24) is 45.8 Å². The summed E-state index contributed by atoms with van der Waals surface area (Å²) in [6.07, 6.45) is 4.33. The highest BCUT2D eigenvalue weighted by atomic mass is 16.6. The molecule has 0 aromatic carbocycles. The Balaban J connectivity index is 0. The van der Waals surface area contributed by atoms with Crippen molar-refractivity contribution < 1.29 is 81.2 Å². The van der Waals surface area contributed by atoms with Crippen molar-refractivity contribution in [3.8, 4) is 0 Å². The van der Waals surface area contributed by atoms with Crippen molar-refractivity contribution in [2.24, 2.45) is 23.7 Å². The van der Waals surface area contributed by atoms with Crippen LogP contribution in [0.4, 0.5) is 9.59 Å². The van der Waals surface area contributed by atoms with Gasteiger partial charge in [0.25, 0.3) is 0 Å². The van der Waals surface area contributed by atoms with Gasteiger partial charge in [-0.1, -0.05) is 107 Å². The fourth-order valence-corrected chi connectivity index (χ4v) is 9.06. The molecule has 0 heterocycles. The molecular weight excluding hydrogens is 1210 g/mol. The number of hydrogen-bond acceptors (Lipinski definition) is 17. The van der Waals surface area contributed by atoms with Crippen LogP contribution in [-0.4, -0.2) is 230 Å². The third-order valence-electron chi connectivity index (χ3n) is 14.3. The maximum atomic E-state index is 14.1. The molecule has 4 N–H and O–H groups in total. The van der Waals surface area contributed by atoms with Gasteiger partial charge in [0, 0.05) is 48.5 Å². The van der Waals surface area contributed by atoms with Crippen molar-refractivity contribution in [3.63, 3.8) is 0 Å². The molecule has 0 bridgehead atoms. The Morgan fingerprint density at radius 1 is 0.447 bits per heavy atom. The number of nitrogens with one attached hydrogen (secondary N) is 4. The summed E-state index contributed by atoms with van der Waals surface area (Å²) in [5.74, 6) is -5.01. The average Bonchev–Trinajstić information content (AvgIpc) is 0.865. The first-order valence-corrected chi connectivity index (χ1v) is 33.1. The summed E-state index contributed by atoms with van der Waals surface area (Å²) in [6.45, 7) is 41.6. The number of ether oxygens (including phenoxy) is 6. The lowest BCUT2D eigenvalue weighted by molar-refractivity contribution is -0.150. The minimum absolute atomic E-state index is 0.00752. The molecule has 0 unspecified atom stereocenters. The third-order valence-corrected chi connectivity index (χ3v) is 14.3. The van der Waals surface area contributed by atoms with Crippen molar-refractivity contribution in [2.45, 2.75) is 249 Å². The molecule has 0 radical (unpaired) electrons. The van der Waals surface area contributed by atoms with Gasteiger partial charge in [0.1, 0.15) is 79.8 Å². The molecule has 0 rings (SSSR count). The van der Waals surface area contributed by atoms with Crippen LogP contribution in [0.25, 0.3) is 0 Å². The van der Waals surface area contributed by atoms with E-state index < -0.39 is 131 Å². The van der Waals surface area contributed by atoms with E-state index >= 15 is 0 Å². The van der Waals surface area contributed by atoms with Gasteiger partial charge in [0.15, 0.2) is 0 Å². The fourth-order valence-electron chi connectivity index (χ4n) is 9.06. The van der Waals surface area contributed by atoms with Crippen LogP contribution < -0.4 is 21.3 Å². The maximum Gasteiger partial charge on any atom is 0.410 e. The van der Waals surface area contributed by atoms with E-state index in [4.69, 9.17) is 28.4 Å². The van der Waals surface area contributed by atoms with Crippen LogP contribution in [0.2, 0.25) is 0 Å². The molecule has 0 aromatic heterocycles. The van der Waals surface area contributed by atoms with Crippen LogP contribution in [0.5, 0.6) is 0 Å². The molecular formula is C68H123N9O17. The molecule has 0 spiro atoms. The smallest absolute Gasteiger partial charge is 0.410 e. The van der Waals surface area contributed by atoms with Gasteiger partial charge in [-0.3, -0.25) is 48.1 Å². The normalized spacial score (nSPS) is 14.3. The summed E-state index contributed by atoms with van der Waals surface area (Å²) >= 11 is 0. The zero-order chi connectivity index (χ0) is 73.1. The van der Waals surface area contributed by atoms with Gasteiger partial charge in [-0.05, 0) is 125 Å². The van der Waals surface area contributed by atoms with Gasteiger partial charge < -0.3 is 69.3 Å². The maximum absolute atomic E-state index is 14.1. The summed E-state index contributed by atoms with van der Waals surface area (Å²) in [5, 5.41) is 11.1. The predicted octanol–water partition coefficient (Wildman–Crippen LogP) is 7.20. The van der Waals surface area contributed by atoms with E-state index in [0.29, 0.717) is 26.1 Å². The lowest BCUT2D eigenvalue weighted by Crippen LogP contribution is -2.60. The molecule has 0 aliphatic heterocycles. The number of nitrogens with zero attached hydrogens (tertiary/aromatic N) is 5. The first kappa shape index (κ1) is 89.2. The molecule has 9 amide bonds. The number of esters is 2. The third kappa shape index (κ3) is 36.2. The van der Waals surface area contributed by atoms with Gasteiger partial charge in [-0.15, -0.1) is 0 Å². The topological polar surface area (TPSA) is 307 Å². The Morgan fingerprint density at radius 3 is 1.10 bits per heavy atom. The standard InChI is InChI=1S/C36H65N5O9.C32H58N4O8/c1-15-17-19-48-26(8)30(34(46)39(12)22-29(42)49-18-16-2)38-32(44)28(21-24(5)6)41(14)33(45)27(20-23(3)4)37-31(43)25(7)40(13)35(47)50-36(9,10)11;1-13-15-17-42-23(7)27(30(40)35(11)20-26(37)43-16-14-2)34-28(38)25(19-22(5)6)36(12)29(39)24(18-21(3)4)33-31(41)44-32(8,9)10/h16,23-28,30H,2,15,17-22H2,1,3-14H3,(H,37,43)(H,38,44);14,21-25,27H,2,13,15-20H2,1,3-12H3,(H,33,41)(H,34,38)/t25-,26+,27-,28-,30-;23-,24+,25+,27+/m01/s1. The first-order valence-electron chi connectivity index (χ1n) is 33.1. The minimum Gasteiger partial charge on any atom is -0.460 e. The Labute approximate surface area is 562 Å².